The molecular formula is C8H10F2N2. The van der Waals surface area contributed by atoms with Gasteiger partial charge in [0.2, 0.25) is 0 Å². The fourth-order valence-electron chi connectivity index (χ4n) is 0.722. The second-order valence-electron chi connectivity index (χ2n) is 2.92. The minimum Gasteiger partial charge on any atom is -0.247 e. The maximum atomic E-state index is 13.2. The number of rotatable bonds is 2. The van der Waals surface area contributed by atoms with Crippen LogP contribution in [0.2, 0.25) is 0 Å². The highest BCUT2D eigenvalue weighted by Crippen LogP contribution is 2.21. The van der Waals surface area contributed by atoms with Crippen LogP contribution in [0.15, 0.2) is 12.4 Å². The SMILES string of the molecule is Cc1cnc(C(C)(F)CF)nc1. The van der Waals surface area contributed by atoms with E-state index in [9.17, 15) is 8.78 Å². The fourth-order valence-corrected chi connectivity index (χ4v) is 0.722. The molecule has 0 N–H and O–H groups in total. The Morgan fingerprint density at radius 2 is 1.92 bits per heavy atom. The number of halogens is 2. The molecule has 66 valence electrons. The normalized spacial score (nSPS) is 15.7. The lowest BCUT2D eigenvalue weighted by atomic mass is 10.1. The summed E-state index contributed by atoms with van der Waals surface area (Å²) in [6.07, 6.45) is 2.94. The van der Waals surface area contributed by atoms with E-state index in [1.807, 2.05) is 0 Å². The van der Waals surface area contributed by atoms with Gasteiger partial charge in [0.1, 0.15) is 6.67 Å². The van der Waals surface area contributed by atoms with E-state index < -0.39 is 12.3 Å². The maximum absolute atomic E-state index is 13.2. The Morgan fingerprint density at radius 1 is 1.42 bits per heavy atom. The Labute approximate surface area is 69.7 Å². The third kappa shape index (κ3) is 1.75. The molecule has 2 nitrogen and oxygen atoms in total. The van der Waals surface area contributed by atoms with Crippen molar-refractivity contribution < 1.29 is 8.78 Å². The van der Waals surface area contributed by atoms with Crippen molar-refractivity contribution in [2.24, 2.45) is 0 Å². The highest BCUT2D eigenvalue weighted by molar-refractivity contribution is 5.06. The average molecular weight is 172 g/mol. The van der Waals surface area contributed by atoms with Crippen molar-refractivity contribution in [2.75, 3.05) is 6.67 Å². The molecule has 1 aromatic heterocycles. The topological polar surface area (TPSA) is 25.8 Å². The first-order valence-corrected chi connectivity index (χ1v) is 3.60. The Balaban J connectivity index is 2.96. The van der Waals surface area contributed by atoms with Crippen molar-refractivity contribution in [3.63, 3.8) is 0 Å². The summed E-state index contributed by atoms with van der Waals surface area (Å²) in [5.41, 5.74) is -1.23. The van der Waals surface area contributed by atoms with Crippen LogP contribution in [0.5, 0.6) is 0 Å². The molecule has 0 aliphatic carbocycles. The second kappa shape index (κ2) is 3.13. The molecule has 1 aromatic rings. The molecule has 1 heterocycles. The zero-order chi connectivity index (χ0) is 9.19. The van der Waals surface area contributed by atoms with Crippen LogP contribution in [0.3, 0.4) is 0 Å². The number of nitrogens with zero attached hydrogens (tertiary/aromatic N) is 2. The largest absolute Gasteiger partial charge is 0.247 e. The van der Waals surface area contributed by atoms with E-state index in [2.05, 4.69) is 9.97 Å². The summed E-state index contributed by atoms with van der Waals surface area (Å²) in [6, 6.07) is 0. The molecule has 0 aliphatic rings. The lowest BCUT2D eigenvalue weighted by Gasteiger charge is -2.13. The molecule has 4 heteroatoms. The first-order valence-electron chi connectivity index (χ1n) is 3.60. The van der Waals surface area contributed by atoms with Gasteiger partial charge in [0.25, 0.3) is 0 Å². The highest BCUT2D eigenvalue weighted by atomic mass is 19.2. The van der Waals surface area contributed by atoms with Crippen LogP contribution in [0, 0.1) is 6.92 Å². The molecule has 1 unspecified atom stereocenters. The van der Waals surface area contributed by atoms with Crippen molar-refractivity contribution in [1.29, 1.82) is 0 Å². The van der Waals surface area contributed by atoms with Gasteiger partial charge in [0.15, 0.2) is 11.5 Å². The number of aryl methyl sites for hydroxylation is 1. The van der Waals surface area contributed by atoms with E-state index in [4.69, 9.17) is 0 Å². The fraction of sp³-hybridized carbons (Fsp3) is 0.500. The summed E-state index contributed by atoms with van der Waals surface area (Å²) >= 11 is 0. The van der Waals surface area contributed by atoms with Crippen molar-refractivity contribution in [3.05, 3.63) is 23.8 Å². The second-order valence-corrected chi connectivity index (χ2v) is 2.92. The van der Waals surface area contributed by atoms with Crippen LogP contribution >= 0.6 is 0 Å². The summed E-state index contributed by atoms with van der Waals surface area (Å²) in [4.78, 5) is 7.39. The molecule has 1 rings (SSSR count). The maximum Gasteiger partial charge on any atom is 0.195 e. The summed E-state index contributed by atoms with van der Waals surface area (Å²) < 4.78 is 25.3. The van der Waals surface area contributed by atoms with Crippen LogP contribution in [0.25, 0.3) is 0 Å². The Hall–Kier alpha value is -1.06. The molecule has 0 radical (unpaired) electrons. The average Bonchev–Trinajstić information content (AvgIpc) is 2.05. The summed E-state index contributed by atoms with van der Waals surface area (Å²) in [5.74, 6) is -0.101. The molecule has 0 aromatic carbocycles. The molecule has 1 atom stereocenters. The van der Waals surface area contributed by atoms with Gasteiger partial charge in [-0.2, -0.15) is 0 Å². The number of hydrogen-bond acceptors (Lipinski definition) is 2. The van der Waals surface area contributed by atoms with E-state index in [1.54, 1.807) is 6.92 Å². The van der Waals surface area contributed by atoms with Gasteiger partial charge < -0.3 is 0 Å². The van der Waals surface area contributed by atoms with Gasteiger partial charge >= 0.3 is 0 Å². The van der Waals surface area contributed by atoms with E-state index in [-0.39, 0.29) is 5.82 Å². The highest BCUT2D eigenvalue weighted by Gasteiger charge is 2.28. The third-order valence-corrected chi connectivity index (χ3v) is 1.50. The Morgan fingerprint density at radius 3 is 2.33 bits per heavy atom. The molecule has 0 amide bonds. The van der Waals surface area contributed by atoms with Crippen LogP contribution in [0.1, 0.15) is 18.3 Å². The summed E-state index contributed by atoms with van der Waals surface area (Å²) in [5, 5.41) is 0. The first-order chi connectivity index (χ1) is 5.56. The Bertz CT molecular complexity index is 256. The predicted molar refractivity (Wildman–Crippen MR) is 41.2 cm³/mol. The van der Waals surface area contributed by atoms with Crippen LogP contribution < -0.4 is 0 Å². The predicted octanol–water partition coefficient (Wildman–Crippen LogP) is 1.94. The minimum absolute atomic E-state index is 0.101. The quantitative estimate of drug-likeness (QED) is 0.681. The molecule has 0 bridgehead atoms. The van der Waals surface area contributed by atoms with E-state index >= 15 is 0 Å². The monoisotopic (exact) mass is 172 g/mol. The van der Waals surface area contributed by atoms with Crippen LogP contribution in [0.4, 0.5) is 8.78 Å². The van der Waals surface area contributed by atoms with Crippen molar-refractivity contribution >= 4 is 0 Å². The van der Waals surface area contributed by atoms with E-state index in [0.29, 0.717) is 0 Å². The molecule has 0 saturated carbocycles. The van der Waals surface area contributed by atoms with Crippen molar-refractivity contribution in [3.8, 4) is 0 Å². The lowest BCUT2D eigenvalue weighted by Crippen LogP contribution is -2.21. The Kier molecular flexibility index (Phi) is 2.35. The zero-order valence-electron chi connectivity index (χ0n) is 7.01. The minimum atomic E-state index is -2.06. The number of aromatic nitrogens is 2. The number of hydrogen-bond donors (Lipinski definition) is 0. The van der Waals surface area contributed by atoms with Gasteiger partial charge in [-0.25, -0.2) is 18.7 Å². The molecule has 0 saturated heterocycles. The molecular weight excluding hydrogens is 162 g/mol. The lowest BCUT2D eigenvalue weighted by molar-refractivity contribution is 0.131. The van der Waals surface area contributed by atoms with Crippen molar-refractivity contribution in [1.82, 2.24) is 9.97 Å². The zero-order valence-corrected chi connectivity index (χ0v) is 7.01. The van der Waals surface area contributed by atoms with Crippen molar-refractivity contribution in [2.45, 2.75) is 19.5 Å². The van der Waals surface area contributed by atoms with Crippen LogP contribution in [-0.2, 0) is 5.67 Å². The van der Waals surface area contributed by atoms with Gasteiger partial charge in [-0.1, -0.05) is 0 Å². The van der Waals surface area contributed by atoms with Gasteiger partial charge in [0, 0.05) is 12.4 Å². The molecule has 0 aliphatic heterocycles. The van der Waals surface area contributed by atoms with Gasteiger partial charge in [-0.3, -0.25) is 0 Å². The standard InChI is InChI=1S/C8H10F2N2/c1-6-3-11-7(12-4-6)8(2,10)5-9/h3-4H,5H2,1-2H3. The molecule has 0 fully saturated rings. The summed E-state index contributed by atoms with van der Waals surface area (Å²) in [7, 11) is 0. The third-order valence-electron chi connectivity index (χ3n) is 1.50. The van der Waals surface area contributed by atoms with Crippen LogP contribution in [-0.4, -0.2) is 16.6 Å². The van der Waals surface area contributed by atoms with E-state index in [0.717, 1.165) is 12.5 Å². The summed E-state index contributed by atoms with van der Waals surface area (Å²) in [6.45, 7) is 1.81. The molecule has 12 heavy (non-hydrogen) atoms. The van der Waals surface area contributed by atoms with Gasteiger partial charge in [0.05, 0.1) is 0 Å². The number of alkyl halides is 2. The van der Waals surface area contributed by atoms with Gasteiger partial charge in [-0.15, -0.1) is 0 Å². The first kappa shape index (κ1) is 9.03. The smallest absolute Gasteiger partial charge is 0.195 e. The van der Waals surface area contributed by atoms with E-state index in [1.165, 1.54) is 12.4 Å². The molecule has 0 spiro atoms. The van der Waals surface area contributed by atoms with Gasteiger partial charge in [-0.05, 0) is 19.4 Å².